The van der Waals surface area contributed by atoms with Gasteiger partial charge < -0.3 is 4.98 Å². The Kier molecular flexibility index (Phi) is 3.31. The Labute approximate surface area is 125 Å². The largest absolute Gasteiger partial charge is 0.337 e. The van der Waals surface area contributed by atoms with E-state index in [2.05, 4.69) is 16.0 Å². The first-order valence-electron chi connectivity index (χ1n) is 5.99. The molecule has 0 unspecified atom stereocenters. The number of nitrogens with zero attached hydrogens (tertiary/aromatic N) is 2. The minimum Gasteiger partial charge on any atom is -0.337 e. The molecule has 3 rings (SSSR count). The molecule has 0 aliphatic carbocycles. The molecule has 0 aliphatic rings. The second kappa shape index (κ2) is 5.12. The van der Waals surface area contributed by atoms with Crippen molar-refractivity contribution in [3.05, 3.63) is 50.9 Å². The maximum Gasteiger partial charge on any atom is 0.149 e. The predicted octanol–water partition coefficient (Wildman–Crippen LogP) is 4.65. The molecule has 0 amide bonds. The number of hydrogen-bond donors (Lipinski definition) is 1. The molecular formula is C15H10ClN3S. The van der Waals surface area contributed by atoms with Gasteiger partial charge in [-0.1, -0.05) is 17.7 Å². The van der Waals surface area contributed by atoms with E-state index < -0.39 is 0 Å². The Morgan fingerprint density at radius 3 is 2.95 bits per heavy atom. The average Bonchev–Trinajstić information content (AvgIpc) is 3.01. The Morgan fingerprint density at radius 1 is 1.40 bits per heavy atom. The van der Waals surface area contributed by atoms with E-state index in [4.69, 9.17) is 11.6 Å². The molecule has 0 atom stereocenters. The first-order valence-corrected chi connectivity index (χ1v) is 7.19. The lowest BCUT2D eigenvalue weighted by Gasteiger charge is -1.91. The number of allylic oxidation sites excluding steroid dienone is 1. The fourth-order valence-corrected chi connectivity index (χ4v) is 2.96. The van der Waals surface area contributed by atoms with Crippen LogP contribution in [-0.4, -0.2) is 9.97 Å². The zero-order chi connectivity index (χ0) is 14.1. The monoisotopic (exact) mass is 299 g/mol. The van der Waals surface area contributed by atoms with Crippen LogP contribution >= 0.6 is 22.9 Å². The molecule has 0 radical (unpaired) electrons. The van der Waals surface area contributed by atoms with Crippen LogP contribution in [0, 0.1) is 18.3 Å². The van der Waals surface area contributed by atoms with E-state index >= 15 is 0 Å². The third-order valence-corrected chi connectivity index (χ3v) is 4.07. The molecule has 98 valence electrons. The van der Waals surface area contributed by atoms with Gasteiger partial charge in [0.15, 0.2) is 0 Å². The highest BCUT2D eigenvalue weighted by atomic mass is 35.5. The van der Waals surface area contributed by atoms with E-state index in [0.717, 1.165) is 21.5 Å². The molecule has 0 saturated heterocycles. The fourth-order valence-electron chi connectivity index (χ4n) is 1.95. The van der Waals surface area contributed by atoms with E-state index in [1.807, 2.05) is 37.3 Å². The molecule has 3 aromatic rings. The van der Waals surface area contributed by atoms with Crippen molar-refractivity contribution in [3.63, 3.8) is 0 Å². The average molecular weight is 300 g/mol. The summed E-state index contributed by atoms with van der Waals surface area (Å²) in [6, 6.07) is 11.8. The van der Waals surface area contributed by atoms with E-state index in [9.17, 15) is 5.26 Å². The third kappa shape index (κ3) is 2.46. The Bertz CT molecular complexity index is 852. The smallest absolute Gasteiger partial charge is 0.149 e. The second-order valence-electron chi connectivity index (χ2n) is 4.42. The van der Waals surface area contributed by atoms with Crippen molar-refractivity contribution in [1.82, 2.24) is 9.97 Å². The molecule has 0 fully saturated rings. The molecule has 0 bridgehead atoms. The van der Waals surface area contributed by atoms with Crippen LogP contribution < -0.4 is 0 Å². The molecule has 2 aromatic heterocycles. The normalized spacial score (nSPS) is 11.8. The number of nitrogens with one attached hydrogen (secondary N) is 1. The van der Waals surface area contributed by atoms with Crippen molar-refractivity contribution in [2.24, 2.45) is 0 Å². The first kappa shape index (κ1) is 12.9. The molecule has 20 heavy (non-hydrogen) atoms. The van der Waals surface area contributed by atoms with Gasteiger partial charge in [0.1, 0.15) is 11.9 Å². The number of H-pyrrole nitrogens is 1. The van der Waals surface area contributed by atoms with Gasteiger partial charge >= 0.3 is 0 Å². The molecule has 0 saturated carbocycles. The summed E-state index contributed by atoms with van der Waals surface area (Å²) in [5.41, 5.74) is 3.44. The standard InChI is InChI=1S/C15H10ClN3S/c1-9-2-4-12-13(6-9)19-15(18-12)10(8-17)7-11-3-5-14(16)20-11/h2-7H,1H3,(H,18,19). The minimum absolute atomic E-state index is 0.498. The first-order chi connectivity index (χ1) is 9.65. The fraction of sp³-hybridized carbons (Fsp3) is 0.0667. The van der Waals surface area contributed by atoms with Crippen molar-refractivity contribution in [1.29, 1.82) is 5.26 Å². The lowest BCUT2D eigenvalue weighted by atomic mass is 10.2. The van der Waals surface area contributed by atoms with E-state index in [-0.39, 0.29) is 0 Å². The highest BCUT2D eigenvalue weighted by molar-refractivity contribution is 7.17. The maximum atomic E-state index is 9.32. The van der Waals surface area contributed by atoms with Crippen molar-refractivity contribution >= 4 is 45.6 Å². The lowest BCUT2D eigenvalue weighted by molar-refractivity contribution is 1.27. The summed E-state index contributed by atoms with van der Waals surface area (Å²) in [5, 5.41) is 9.32. The molecule has 3 nitrogen and oxygen atoms in total. The number of rotatable bonds is 2. The number of aromatic nitrogens is 2. The van der Waals surface area contributed by atoms with Gasteiger partial charge in [0.2, 0.25) is 0 Å². The van der Waals surface area contributed by atoms with E-state index in [0.29, 0.717) is 15.7 Å². The topological polar surface area (TPSA) is 52.5 Å². The molecule has 1 N–H and O–H groups in total. The summed E-state index contributed by atoms with van der Waals surface area (Å²) in [5.74, 6) is 0.581. The minimum atomic E-state index is 0.498. The van der Waals surface area contributed by atoms with Gasteiger partial charge in [-0.2, -0.15) is 5.26 Å². The summed E-state index contributed by atoms with van der Waals surface area (Å²) in [6.07, 6.45) is 1.79. The number of thiophene rings is 1. The zero-order valence-corrected chi connectivity index (χ0v) is 12.2. The summed E-state index contributed by atoms with van der Waals surface area (Å²) >= 11 is 7.33. The van der Waals surface area contributed by atoms with Gasteiger partial charge in [0.05, 0.1) is 20.9 Å². The van der Waals surface area contributed by atoms with E-state index in [1.54, 1.807) is 6.08 Å². The number of halogens is 1. The third-order valence-electron chi connectivity index (χ3n) is 2.89. The number of nitriles is 1. The second-order valence-corrected chi connectivity index (χ2v) is 6.16. The van der Waals surface area contributed by atoms with Crippen molar-refractivity contribution in [2.45, 2.75) is 6.92 Å². The van der Waals surface area contributed by atoms with Crippen LogP contribution in [0.2, 0.25) is 4.34 Å². The number of aryl methyl sites for hydroxylation is 1. The van der Waals surface area contributed by atoms with Crippen molar-refractivity contribution in [3.8, 4) is 6.07 Å². The Balaban J connectivity index is 2.07. The molecule has 0 aliphatic heterocycles. The van der Waals surface area contributed by atoms with Gasteiger partial charge in [0.25, 0.3) is 0 Å². The van der Waals surface area contributed by atoms with Gasteiger partial charge in [0, 0.05) is 4.88 Å². The number of fused-ring (bicyclic) bond motifs is 1. The van der Waals surface area contributed by atoms with E-state index in [1.165, 1.54) is 11.3 Å². The number of imidazole rings is 1. The zero-order valence-electron chi connectivity index (χ0n) is 10.6. The van der Waals surface area contributed by atoms with Crippen LogP contribution in [0.1, 0.15) is 16.3 Å². The van der Waals surface area contributed by atoms with Gasteiger partial charge in [-0.05, 0) is 42.8 Å². The van der Waals surface area contributed by atoms with Crippen molar-refractivity contribution < 1.29 is 0 Å². The SMILES string of the molecule is Cc1ccc2nc(C(C#N)=Cc3ccc(Cl)s3)[nH]c2c1. The van der Waals surface area contributed by atoms with Gasteiger partial charge in [-0.25, -0.2) is 4.98 Å². The van der Waals surface area contributed by atoms with Crippen LogP contribution in [0.5, 0.6) is 0 Å². The molecule has 1 aromatic carbocycles. The number of benzene rings is 1. The molecule has 2 heterocycles. The quantitative estimate of drug-likeness (QED) is 0.700. The summed E-state index contributed by atoms with van der Waals surface area (Å²) in [7, 11) is 0. The van der Waals surface area contributed by atoms with Crippen LogP contribution in [0.3, 0.4) is 0 Å². The molecule has 0 spiro atoms. The van der Waals surface area contributed by atoms with Gasteiger partial charge in [-0.15, -0.1) is 11.3 Å². The molecular weight excluding hydrogens is 290 g/mol. The summed E-state index contributed by atoms with van der Waals surface area (Å²) in [6.45, 7) is 2.02. The van der Waals surface area contributed by atoms with Crippen LogP contribution in [0.15, 0.2) is 30.3 Å². The summed E-state index contributed by atoms with van der Waals surface area (Å²) in [4.78, 5) is 8.57. The Morgan fingerprint density at radius 2 is 2.25 bits per heavy atom. The van der Waals surface area contributed by atoms with Gasteiger partial charge in [-0.3, -0.25) is 0 Å². The highest BCUT2D eigenvalue weighted by Gasteiger charge is 2.08. The Hall–Kier alpha value is -2.09. The summed E-state index contributed by atoms with van der Waals surface area (Å²) < 4.78 is 0.703. The van der Waals surface area contributed by atoms with Crippen LogP contribution in [0.4, 0.5) is 0 Å². The predicted molar refractivity (Wildman–Crippen MR) is 83.6 cm³/mol. The highest BCUT2D eigenvalue weighted by Crippen LogP contribution is 2.26. The molecule has 5 heteroatoms. The number of hydrogen-bond acceptors (Lipinski definition) is 3. The van der Waals surface area contributed by atoms with Crippen molar-refractivity contribution in [2.75, 3.05) is 0 Å². The number of aromatic amines is 1. The van der Waals surface area contributed by atoms with Crippen LogP contribution in [0.25, 0.3) is 22.7 Å². The van der Waals surface area contributed by atoms with Crippen LogP contribution in [-0.2, 0) is 0 Å². The lowest BCUT2D eigenvalue weighted by Crippen LogP contribution is -1.83. The maximum absolute atomic E-state index is 9.32.